The lowest BCUT2D eigenvalue weighted by Crippen LogP contribution is -2.25. The van der Waals surface area contributed by atoms with Gasteiger partial charge >= 0.3 is 5.00 Å². The maximum atomic E-state index is 13.4. The van der Waals surface area contributed by atoms with Crippen molar-refractivity contribution in [3.8, 4) is 0 Å². The Morgan fingerprint density at radius 3 is 2.48 bits per heavy atom. The molecule has 0 aliphatic carbocycles. The first-order valence-electron chi connectivity index (χ1n) is 9.91. The minimum Gasteiger partial charge on any atom is -0.267 e. The summed E-state index contributed by atoms with van der Waals surface area (Å²) in [7, 11) is 0. The van der Waals surface area contributed by atoms with Crippen molar-refractivity contribution in [2.75, 3.05) is 5.01 Å². The summed E-state index contributed by atoms with van der Waals surface area (Å²) in [6.07, 6.45) is 1.45. The van der Waals surface area contributed by atoms with Gasteiger partial charge in [0.05, 0.1) is 26.2 Å². The zero-order valence-electron chi connectivity index (χ0n) is 18.0. The van der Waals surface area contributed by atoms with E-state index in [1.165, 1.54) is 28.6 Å². The largest absolute Gasteiger partial charge is 0.324 e. The van der Waals surface area contributed by atoms with Crippen molar-refractivity contribution < 1.29 is 9.72 Å². The number of halogens is 1. The van der Waals surface area contributed by atoms with E-state index in [-0.39, 0.29) is 16.3 Å². The number of hydrogen-bond donors (Lipinski definition) is 0. The third kappa shape index (κ3) is 5.18. The first kappa shape index (κ1) is 23.2. The zero-order valence-corrected chi connectivity index (χ0v) is 21.2. The van der Waals surface area contributed by atoms with Crippen LogP contribution in [-0.2, 0) is 5.41 Å². The minimum atomic E-state index is -0.451. The van der Waals surface area contributed by atoms with Gasteiger partial charge in [0.25, 0.3) is 5.91 Å². The standard InChI is InChI=1S/C23H19BrN4O3S2/c1-23(2,3)15-6-4-14(5-7-15)21(29)27(25-13-17-9-11-20(32-17)28(30)31)22-26-18-10-8-16(24)12-19(18)33-22/h4-13H,1-3H3/b25-13+. The van der Waals surface area contributed by atoms with Gasteiger partial charge in [-0.15, -0.1) is 0 Å². The summed E-state index contributed by atoms with van der Waals surface area (Å²) in [6, 6.07) is 16.1. The zero-order chi connectivity index (χ0) is 23.8. The number of anilines is 1. The fraction of sp³-hybridized carbons (Fsp3) is 0.174. The number of thiophene rings is 1. The average Bonchev–Trinajstić information content (AvgIpc) is 3.40. The molecule has 10 heteroatoms. The molecule has 0 N–H and O–H groups in total. The Kier molecular flexibility index (Phi) is 6.42. The van der Waals surface area contributed by atoms with Crippen molar-refractivity contribution in [1.29, 1.82) is 0 Å². The van der Waals surface area contributed by atoms with E-state index in [9.17, 15) is 14.9 Å². The molecular formula is C23H19BrN4O3S2. The second-order valence-electron chi connectivity index (χ2n) is 8.23. The molecule has 0 saturated carbocycles. The molecule has 4 aromatic rings. The maximum Gasteiger partial charge on any atom is 0.324 e. The number of carbonyl (C=O) groups is 1. The van der Waals surface area contributed by atoms with Crippen LogP contribution in [0.3, 0.4) is 0 Å². The van der Waals surface area contributed by atoms with Gasteiger partial charge in [-0.3, -0.25) is 14.9 Å². The molecule has 168 valence electrons. The highest BCUT2D eigenvalue weighted by molar-refractivity contribution is 9.10. The molecule has 0 aliphatic rings. The van der Waals surface area contributed by atoms with Gasteiger partial charge in [0.1, 0.15) is 0 Å². The van der Waals surface area contributed by atoms with E-state index < -0.39 is 4.92 Å². The van der Waals surface area contributed by atoms with Crippen LogP contribution in [0.15, 0.2) is 64.2 Å². The molecule has 1 amide bonds. The third-order valence-corrected chi connectivity index (χ3v) is 7.26. The van der Waals surface area contributed by atoms with Crippen molar-refractivity contribution in [3.63, 3.8) is 0 Å². The molecule has 0 radical (unpaired) electrons. The average molecular weight is 543 g/mol. The predicted molar refractivity (Wildman–Crippen MR) is 138 cm³/mol. The number of nitrogens with zero attached hydrogens (tertiary/aromatic N) is 4. The highest BCUT2D eigenvalue weighted by Gasteiger charge is 2.22. The first-order chi connectivity index (χ1) is 15.6. The van der Waals surface area contributed by atoms with Crippen LogP contribution in [0.25, 0.3) is 10.2 Å². The second kappa shape index (κ2) is 9.12. The second-order valence-corrected chi connectivity index (χ2v) is 11.2. The number of aromatic nitrogens is 1. The third-order valence-electron chi connectivity index (χ3n) is 4.80. The summed E-state index contributed by atoms with van der Waals surface area (Å²) in [5.41, 5.74) is 2.30. The number of amides is 1. The number of carbonyl (C=O) groups excluding carboxylic acids is 1. The number of hydrogen-bond acceptors (Lipinski definition) is 7. The Morgan fingerprint density at radius 1 is 1.12 bits per heavy atom. The summed E-state index contributed by atoms with van der Waals surface area (Å²) in [5, 5.41) is 17.0. The highest BCUT2D eigenvalue weighted by atomic mass is 79.9. The van der Waals surface area contributed by atoms with Crippen molar-refractivity contribution in [3.05, 3.63) is 85.2 Å². The van der Waals surface area contributed by atoms with Gasteiger partial charge < -0.3 is 0 Å². The van der Waals surface area contributed by atoms with Crippen LogP contribution in [0.5, 0.6) is 0 Å². The van der Waals surface area contributed by atoms with Crippen molar-refractivity contribution in [1.82, 2.24) is 4.98 Å². The van der Waals surface area contributed by atoms with Crippen LogP contribution in [-0.4, -0.2) is 22.0 Å². The van der Waals surface area contributed by atoms with Crippen molar-refractivity contribution in [2.45, 2.75) is 26.2 Å². The number of thiazole rings is 1. The van der Waals surface area contributed by atoms with Crippen LogP contribution in [0, 0.1) is 10.1 Å². The Hall–Kier alpha value is -2.95. The van der Waals surface area contributed by atoms with Gasteiger partial charge in [0, 0.05) is 16.1 Å². The van der Waals surface area contributed by atoms with E-state index in [1.807, 2.05) is 30.3 Å². The number of benzene rings is 2. The molecule has 0 atom stereocenters. The van der Waals surface area contributed by atoms with Gasteiger partial charge in [-0.2, -0.15) is 10.1 Å². The van der Waals surface area contributed by atoms with E-state index >= 15 is 0 Å². The SMILES string of the molecule is CC(C)(C)c1ccc(C(=O)N(/N=C/c2ccc([N+](=O)[O-])s2)c2nc3ccc(Br)cc3s2)cc1. The number of rotatable bonds is 5. The summed E-state index contributed by atoms with van der Waals surface area (Å²) in [4.78, 5) is 29.1. The summed E-state index contributed by atoms with van der Waals surface area (Å²) in [5.74, 6) is -0.337. The van der Waals surface area contributed by atoms with Gasteiger partial charge in [0.15, 0.2) is 0 Å². The maximum absolute atomic E-state index is 13.4. The van der Waals surface area contributed by atoms with E-state index in [4.69, 9.17) is 0 Å². The lowest BCUT2D eigenvalue weighted by molar-refractivity contribution is -0.380. The quantitative estimate of drug-likeness (QED) is 0.154. The molecule has 0 aliphatic heterocycles. The molecule has 2 aromatic heterocycles. The Morgan fingerprint density at radius 2 is 1.85 bits per heavy atom. The Labute approximate surface area is 206 Å². The molecule has 2 aromatic carbocycles. The van der Waals surface area contributed by atoms with Gasteiger partial charge in [-0.05, 0) is 47.4 Å². The number of fused-ring (bicyclic) bond motifs is 1. The molecule has 0 saturated heterocycles. The molecule has 33 heavy (non-hydrogen) atoms. The van der Waals surface area contributed by atoms with Gasteiger partial charge in [-0.1, -0.05) is 71.5 Å². The lowest BCUT2D eigenvalue weighted by Gasteiger charge is -2.19. The monoisotopic (exact) mass is 542 g/mol. The van der Waals surface area contributed by atoms with E-state index in [0.29, 0.717) is 15.6 Å². The van der Waals surface area contributed by atoms with E-state index in [0.717, 1.165) is 31.6 Å². The van der Waals surface area contributed by atoms with Crippen molar-refractivity contribution in [2.24, 2.45) is 5.10 Å². The van der Waals surface area contributed by atoms with Crippen LogP contribution in [0.1, 0.15) is 41.6 Å². The molecule has 0 bridgehead atoms. The molecule has 2 heterocycles. The fourth-order valence-corrected chi connectivity index (χ4v) is 5.19. The Bertz CT molecular complexity index is 1370. The lowest BCUT2D eigenvalue weighted by atomic mass is 9.87. The smallest absolute Gasteiger partial charge is 0.267 e. The molecule has 7 nitrogen and oxygen atoms in total. The molecular weight excluding hydrogens is 524 g/mol. The minimum absolute atomic E-state index is 0.0110. The fourth-order valence-electron chi connectivity index (χ4n) is 3.03. The normalized spacial score (nSPS) is 11.9. The van der Waals surface area contributed by atoms with Crippen LogP contribution in [0.4, 0.5) is 10.1 Å². The van der Waals surface area contributed by atoms with E-state index in [2.05, 4.69) is 46.8 Å². The Balaban J connectivity index is 1.73. The molecule has 4 rings (SSSR count). The summed E-state index contributed by atoms with van der Waals surface area (Å²) in [6.45, 7) is 6.33. The van der Waals surface area contributed by atoms with Gasteiger partial charge in [-0.25, -0.2) is 4.98 Å². The summed E-state index contributed by atoms with van der Waals surface area (Å²) >= 11 is 5.79. The predicted octanol–water partition coefficient (Wildman–Crippen LogP) is 7.01. The van der Waals surface area contributed by atoms with E-state index in [1.54, 1.807) is 18.2 Å². The summed E-state index contributed by atoms with van der Waals surface area (Å²) < 4.78 is 1.82. The van der Waals surface area contributed by atoms with Crippen LogP contribution >= 0.6 is 38.6 Å². The van der Waals surface area contributed by atoms with Gasteiger partial charge in [0.2, 0.25) is 5.13 Å². The first-order valence-corrected chi connectivity index (χ1v) is 12.3. The van der Waals surface area contributed by atoms with Crippen LogP contribution < -0.4 is 5.01 Å². The highest BCUT2D eigenvalue weighted by Crippen LogP contribution is 2.32. The number of nitro groups is 1. The molecule has 0 unspecified atom stereocenters. The van der Waals surface area contributed by atoms with Crippen LogP contribution in [0.2, 0.25) is 0 Å². The topological polar surface area (TPSA) is 88.7 Å². The number of hydrazone groups is 1. The molecule has 0 fully saturated rings. The molecule has 0 spiro atoms. The van der Waals surface area contributed by atoms with Crippen molar-refractivity contribution >= 4 is 71.1 Å².